The van der Waals surface area contributed by atoms with Gasteiger partial charge in [-0.2, -0.15) is 0 Å². The number of aromatic nitrogens is 1. The van der Waals surface area contributed by atoms with Gasteiger partial charge in [0, 0.05) is 41.9 Å². The zero-order valence-electron chi connectivity index (χ0n) is 19.3. The summed E-state index contributed by atoms with van der Waals surface area (Å²) >= 11 is 6.02. The van der Waals surface area contributed by atoms with Gasteiger partial charge in [-0.15, -0.1) is 0 Å². The lowest BCUT2D eigenvalue weighted by Crippen LogP contribution is -2.32. The monoisotopic (exact) mass is 524 g/mol. The van der Waals surface area contributed by atoms with Crippen molar-refractivity contribution in [2.45, 2.75) is 11.4 Å². The number of amides is 1. The maximum atomic E-state index is 12.5. The highest BCUT2D eigenvalue weighted by Crippen LogP contribution is 2.24. The SMILES string of the molecule is O=C(COc1ccc(S(=O)(=O)NCc2ccccc2)cc1)NCCNc1ccnc2cc(Cl)ccc12. The Kier molecular flexibility index (Phi) is 8.37. The van der Waals surface area contributed by atoms with E-state index in [1.807, 2.05) is 42.5 Å². The number of anilines is 1. The summed E-state index contributed by atoms with van der Waals surface area (Å²) in [6.07, 6.45) is 1.70. The largest absolute Gasteiger partial charge is 0.484 e. The molecule has 0 saturated carbocycles. The lowest BCUT2D eigenvalue weighted by molar-refractivity contribution is -0.123. The molecule has 10 heteroatoms. The molecule has 0 aliphatic carbocycles. The number of nitrogens with one attached hydrogen (secondary N) is 3. The molecular formula is C26H25ClN4O4S. The van der Waals surface area contributed by atoms with E-state index in [0.717, 1.165) is 22.2 Å². The van der Waals surface area contributed by atoms with E-state index in [2.05, 4.69) is 20.3 Å². The quantitative estimate of drug-likeness (QED) is 0.256. The fraction of sp³-hybridized carbons (Fsp3) is 0.154. The molecule has 36 heavy (non-hydrogen) atoms. The molecule has 3 aromatic carbocycles. The van der Waals surface area contributed by atoms with Gasteiger partial charge in [0.15, 0.2) is 6.61 Å². The van der Waals surface area contributed by atoms with Crippen LogP contribution in [-0.4, -0.2) is 39.0 Å². The molecule has 0 spiro atoms. The van der Waals surface area contributed by atoms with Gasteiger partial charge in [0.05, 0.1) is 10.4 Å². The molecule has 0 bridgehead atoms. The molecule has 1 amide bonds. The Labute approximate surface area is 214 Å². The smallest absolute Gasteiger partial charge is 0.258 e. The average Bonchev–Trinajstić information content (AvgIpc) is 2.89. The summed E-state index contributed by atoms with van der Waals surface area (Å²) in [6, 6.07) is 22.5. The number of ether oxygens (including phenoxy) is 1. The summed E-state index contributed by atoms with van der Waals surface area (Å²) in [5.74, 6) is 0.108. The molecule has 3 N–H and O–H groups in total. The van der Waals surface area contributed by atoms with Crippen LogP contribution in [0.1, 0.15) is 5.56 Å². The van der Waals surface area contributed by atoms with Crippen LogP contribution in [0.15, 0.2) is 90.0 Å². The fourth-order valence-electron chi connectivity index (χ4n) is 3.45. The first-order valence-electron chi connectivity index (χ1n) is 11.2. The minimum absolute atomic E-state index is 0.118. The molecule has 0 fully saturated rings. The van der Waals surface area contributed by atoms with Crippen molar-refractivity contribution in [2.24, 2.45) is 0 Å². The molecule has 0 aliphatic heterocycles. The molecule has 4 aromatic rings. The molecule has 4 rings (SSSR count). The second-order valence-corrected chi connectivity index (χ2v) is 10.1. The highest BCUT2D eigenvalue weighted by molar-refractivity contribution is 7.89. The van der Waals surface area contributed by atoms with Crippen LogP contribution < -0.4 is 20.1 Å². The molecule has 0 aliphatic rings. The number of pyridine rings is 1. The molecule has 0 radical (unpaired) electrons. The van der Waals surface area contributed by atoms with Gasteiger partial charge in [-0.05, 0) is 54.1 Å². The number of fused-ring (bicyclic) bond motifs is 1. The van der Waals surface area contributed by atoms with Gasteiger partial charge < -0.3 is 15.4 Å². The molecular weight excluding hydrogens is 500 g/mol. The minimum Gasteiger partial charge on any atom is -0.484 e. The summed E-state index contributed by atoms with van der Waals surface area (Å²) in [5.41, 5.74) is 2.55. The summed E-state index contributed by atoms with van der Waals surface area (Å²) in [5, 5.41) is 7.62. The van der Waals surface area contributed by atoms with Crippen LogP contribution >= 0.6 is 11.6 Å². The number of nitrogens with zero attached hydrogens (tertiary/aromatic N) is 1. The number of carbonyl (C=O) groups is 1. The lowest BCUT2D eigenvalue weighted by Gasteiger charge is -2.11. The van der Waals surface area contributed by atoms with E-state index >= 15 is 0 Å². The van der Waals surface area contributed by atoms with Crippen molar-refractivity contribution in [3.8, 4) is 5.75 Å². The van der Waals surface area contributed by atoms with Crippen LogP contribution in [0, 0.1) is 0 Å². The van der Waals surface area contributed by atoms with Crippen molar-refractivity contribution in [3.05, 3.63) is 95.6 Å². The molecule has 0 atom stereocenters. The van der Waals surface area contributed by atoms with Crippen LogP contribution in [-0.2, 0) is 21.4 Å². The number of hydrogen-bond donors (Lipinski definition) is 3. The van der Waals surface area contributed by atoms with Crippen LogP contribution in [0.2, 0.25) is 5.02 Å². The van der Waals surface area contributed by atoms with Crippen molar-refractivity contribution in [3.63, 3.8) is 0 Å². The Balaban J connectivity index is 1.20. The van der Waals surface area contributed by atoms with E-state index in [-0.39, 0.29) is 24.0 Å². The summed E-state index contributed by atoms with van der Waals surface area (Å²) in [7, 11) is -3.66. The van der Waals surface area contributed by atoms with Gasteiger partial charge in [0.1, 0.15) is 5.75 Å². The molecule has 0 saturated heterocycles. The van der Waals surface area contributed by atoms with E-state index in [0.29, 0.717) is 23.9 Å². The number of sulfonamides is 1. The van der Waals surface area contributed by atoms with E-state index < -0.39 is 10.0 Å². The fourth-order valence-corrected chi connectivity index (χ4v) is 4.63. The summed E-state index contributed by atoms with van der Waals surface area (Å²) in [6.45, 7) is 0.914. The molecule has 186 valence electrons. The Morgan fingerprint density at radius 3 is 2.50 bits per heavy atom. The van der Waals surface area contributed by atoms with Crippen LogP contribution in [0.5, 0.6) is 5.75 Å². The molecule has 1 aromatic heterocycles. The molecule has 1 heterocycles. The van der Waals surface area contributed by atoms with Gasteiger partial charge in [-0.25, -0.2) is 13.1 Å². The topological polar surface area (TPSA) is 109 Å². The molecule has 0 unspecified atom stereocenters. The lowest BCUT2D eigenvalue weighted by atomic mass is 10.2. The van der Waals surface area contributed by atoms with Gasteiger partial charge in [-0.1, -0.05) is 41.9 Å². The van der Waals surface area contributed by atoms with Gasteiger partial charge in [-0.3, -0.25) is 9.78 Å². The average molecular weight is 525 g/mol. The number of rotatable bonds is 11. The zero-order chi connectivity index (χ0) is 25.4. The standard InChI is InChI=1S/C26H25ClN4O4S/c27-20-6-11-23-24(12-13-28-25(23)16-20)29-14-15-30-26(32)18-35-21-7-9-22(10-8-21)36(33,34)31-17-19-4-2-1-3-5-19/h1-13,16,31H,14-15,17-18H2,(H,28,29)(H,30,32). The van der Waals surface area contributed by atoms with E-state index in [1.165, 1.54) is 24.3 Å². The minimum atomic E-state index is -3.66. The second kappa shape index (κ2) is 11.9. The van der Waals surface area contributed by atoms with Crippen LogP contribution in [0.4, 0.5) is 5.69 Å². The Morgan fingerprint density at radius 1 is 0.944 bits per heavy atom. The highest BCUT2D eigenvalue weighted by atomic mass is 35.5. The maximum absolute atomic E-state index is 12.5. The summed E-state index contributed by atoms with van der Waals surface area (Å²) in [4.78, 5) is 16.6. The van der Waals surface area contributed by atoms with Gasteiger partial charge >= 0.3 is 0 Å². The van der Waals surface area contributed by atoms with E-state index in [1.54, 1.807) is 18.3 Å². The summed E-state index contributed by atoms with van der Waals surface area (Å²) < 4.78 is 33.0. The maximum Gasteiger partial charge on any atom is 0.258 e. The number of halogens is 1. The molecule has 8 nitrogen and oxygen atoms in total. The van der Waals surface area contributed by atoms with Crippen LogP contribution in [0.3, 0.4) is 0 Å². The third-order valence-electron chi connectivity index (χ3n) is 5.28. The predicted molar refractivity (Wildman–Crippen MR) is 141 cm³/mol. The predicted octanol–water partition coefficient (Wildman–Crippen LogP) is 3.97. The number of carbonyl (C=O) groups excluding carboxylic acids is 1. The van der Waals surface area contributed by atoms with Crippen molar-refractivity contribution in [1.82, 2.24) is 15.0 Å². The second-order valence-electron chi connectivity index (χ2n) is 7.87. The Bertz CT molecular complexity index is 1430. The first-order valence-corrected chi connectivity index (χ1v) is 13.1. The van der Waals surface area contributed by atoms with Crippen molar-refractivity contribution in [1.29, 1.82) is 0 Å². The first-order chi connectivity index (χ1) is 17.4. The van der Waals surface area contributed by atoms with Crippen molar-refractivity contribution < 1.29 is 17.9 Å². The van der Waals surface area contributed by atoms with E-state index in [9.17, 15) is 13.2 Å². The Morgan fingerprint density at radius 2 is 1.72 bits per heavy atom. The Hall–Kier alpha value is -3.66. The zero-order valence-corrected chi connectivity index (χ0v) is 20.9. The van der Waals surface area contributed by atoms with Crippen LogP contribution in [0.25, 0.3) is 10.9 Å². The first kappa shape index (κ1) is 25.4. The van der Waals surface area contributed by atoms with Crippen molar-refractivity contribution >= 4 is 44.1 Å². The van der Waals surface area contributed by atoms with Gasteiger partial charge in [0.2, 0.25) is 10.0 Å². The third kappa shape index (κ3) is 6.94. The number of benzene rings is 3. The van der Waals surface area contributed by atoms with Gasteiger partial charge in [0.25, 0.3) is 5.91 Å². The number of hydrogen-bond acceptors (Lipinski definition) is 6. The highest BCUT2D eigenvalue weighted by Gasteiger charge is 2.14. The normalized spacial score (nSPS) is 11.2. The van der Waals surface area contributed by atoms with Crippen molar-refractivity contribution in [2.75, 3.05) is 25.0 Å². The van der Waals surface area contributed by atoms with E-state index in [4.69, 9.17) is 16.3 Å². The third-order valence-corrected chi connectivity index (χ3v) is 6.93.